The highest BCUT2D eigenvalue weighted by atomic mass is 127. The number of aromatic amines is 1. The summed E-state index contributed by atoms with van der Waals surface area (Å²) in [7, 11) is 0. The fourth-order valence-electron chi connectivity index (χ4n) is 5.48. The smallest absolute Gasteiger partial charge is 0.167 e. The molecule has 1 aromatic carbocycles. The van der Waals surface area contributed by atoms with E-state index >= 15 is 4.39 Å². The fourth-order valence-corrected chi connectivity index (χ4v) is 6.59. The maximum Gasteiger partial charge on any atom is 0.167 e. The number of aromatic nitrogens is 5. The van der Waals surface area contributed by atoms with Gasteiger partial charge in [0, 0.05) is 62.9 Å². The molecule has 2 saturated heterocycles. The summed E-state index contributed by atoms with van der Waals surface area (Å²) in [5.41, 5.74) is 2.72. The number of H-pyrrole nitrogens is 1. The first-order valence-electron chi connectivity index (χ1n) is 13.1. The van der Waals surface area contributed by atoms with Gasteiger partial charge in [0.25, 0.3) is 0 Å². The van der Waals surface area contributed by atoms with Gasteiger partial charge in [-0.25, -0.2) is 19.3 Å². The molecule has 5 heterocycles. The van der Waals surface area contributed by atoms with Crippen LogP contribution < -0.4 is 4.90 Å². The van der Waals surface area contributed by atoms with Gasteiger partial charge in [0.2, 0.25) is 0 Å². The van der Waals surface area contributed by atoms with E-state index < -0.39 is 0 Å². The van der Waals surface area contributed by atoms with Crippen molar-refractivity contribution < 1.29 is 14.2 Å². The molecule has 0 bridgehead atoms. The Labute approximate surface area is 233 Å². The zero-order valence-electron chi connectivity index (χ0n) is 21.4. The molecule has 0 saturated carbocycles. The molecule has 0 amide bonds. The van der Waals surface area contributed by atoms with E-state index in [-0.39, 0.29) is 12.4 Å². The van der Waals surface area contributed by atoms with Crippen molar-refractivity contribution in [3.63, 3.8) is 0 Å². The summed E-state index contributed by atoms with van der Waals surface area (Å²) in [6.07, 6.45) is 1.81. The van der Waals surface area contributed by atoms with Crippen molar-refractivity contribution in [1.29, 1.82) is 0 Å². The summed E-state index contributed by atoms with van der Waals surface area (Å²) < 4.78 is 23.4. The van der Waals surface area contributed by atoms with Crippen molar-refractivity contribution in [3.05, 3.63) is 36.0 Å². The molecule has 0 spiro atoms. The van der Waals surface area contributed by atoms with Crippen LogP contribution in [0, 0.1) is 5.82 Å². The van der Waals surface area contributed by atoms with Crippen LogP contribution in [0.25, 0.3) is 33.5 Å². The Kier molecular flexibility index (Phi) is 7.49. The van der Waals surface area contributed by atoms with Crippen molar-refractivity contribution >= 4 is 50.5 Å². The van der Waals surface area contributed by atoms with Gasteiger partial charge in [-0.15, -0.1) is 0 Å². The zero-order valence-corrected chi connectivity index (χ0v) is 23.6. The number of hydrogen-bond acceptors (Lipinski definition) is 8. The predicted octanol–water partition coefficient (Wildman–Crippen LogP) is 2.84. The second-order valence-electron chi connectivity index (χ2n) is 9.71. The lowest BCUT2D eigenvalue weighted by Gasteiger charge is -2.38. The molecule has 2 aliphatic rings. The molecular weight excluding hydrogens is 602 g/mol. The topological polar surface area (TPSA) is 98.6 Å². The molecule has 0 unspecified atom stereocenters. The molecule has 6 rings (SSSR count). The largest absolute Gasteiger partial charge is 0.395 e. The molecule has 38 heavy (non-hydrogen) atoms. The SMILES string of the molecule is CCn1c(CN2CCN(CCO)[C@@H](I)C2)nc2c(N3CCOCC3)nc(-c3c(F)ccc4[nH]ccc34)nc21. The van der Waals surface area contributed by atoms with Gasteiger partial charge in [-0.3, -0.25) is 9.80 Å². The van der Waals surface area contributed by atoms with E-state index in [0.717, 1.165) is 53.3 Å². The summed E-state index contributed by atoms with van der Waals surface area (Å²) in [6, 6.07) is 5.08. The number of fused-ring (bicyclic) bond motifs is 2. The minimum Gasteiger partial charge on any atom is -0.395 e. The Morgan fingerprint density at radius 3 is 2.74 bits per heavy atom. The Hall–Kier alpha value is -2.39. The third-order valence-electron chi connectivity index (χ3n) is 7.45. The number of aliphatic hydroxyl groups excluding tert-OH is 1. The number of morpholine rings is 1. The van der Waals surface area contributed by atoms with Crippen LogP contribution in [0.4, 0.5) is 10.2 Å². The van der Waals surface area contributed by atoms with E-state index in [1.807, 2.05) is 12.3 Å². The van der Waals surface area contributed by atoms with Crippen molar-refractivity contribution in [2.75, 3.05) is 64.0 Å². The van der Waals surface area contributed by atoms with E-state index in [9.17, 15) is 5.11 Å². The number of hydrogen-bond donors (Lipinski definition) is 2. The van der Waals surface area contributed by atoms with Crippen molar-refractivity contribution in [1.82, 2.24) is 34.3 Å². The van der Waals surface area contributed by atoms with E-state index in [4.69, 9.17) is 19.7 Å². The molecule has 202 valence electrons. The molecule has 2 fully saturated rings. The number of nitrogens with zero attached hydrogens (tertiary/aromatic N) is 7. The zero-order chi connectivity index (χ0) is 26.2. The molecule has 2 N–H and O–H groups in total. The predicted molar refractivity (Wildman–Crippen MR) is 153 cm³/mol. The molecule has 4 aromatic rings. The number of nitrogens with one attached hydrogen (secondary N) is 1. The first-order valence-corrected chi connectivity index (χ1v) is 14.4. The highest BCUT2D eigenvalue weighted by molar-refractivity contribution is 14.1. The average Bonchev–Trinajstić information content (AvgIpc) is 3.54. The number of ether oxygens (including phenoxy) is 1. The average molecular weight is 634 g/mol. The number of benzene rings is 1. The maximum absolute atomic E-state index is 15.3. The highest BCUT2D eigenvalue weighted by Crippen LogP contribution is 2.34. The molecule has 0 radical (unpaired) electrons. The Balaban J connectivity index is 1.45. The minimum absolute atomic E-state index is 0.174. The summed E-state index contributed by atoms with van der Waals surface area (Å²) in [4.78, 5) is 25.1. The molecule has 1 atom stereocenters. The molecular formula is C26H32FIN8O2. The van der Waals surface area contributed by atoms with Gasteiger partial charge in [-0.1, -0.05) is 22.6 Å². The first kappa shape index (κ1) is 25.9. The number of alkyl halides is 1. The van der Waals surface area contributed by atoms with Gasteiger partial charge in [-0.05, 0) is 25.1 Å². The lowest BCUT2D eigenvalue weighted by molar-refractivity contribution is 0.0980. The summed E-state index contributed by atoms with van der Waals surface area (Å²) >= 11 is 2.45. The standard InChI is InChI=1S/C26H32FIN8O2/c1-2-36-21(16-33-7-8-34(9-12-37)20(28)15-33)30-23-25(35-10-13-38-14-11-35)31-24(32-26(23)36)22-17-5-6-29-19(17)4-3-18(22)27/h3-6,20,29,37H,2,7-16H2,1H3/t20-/m1/s1. The van der Waals surface area contributed by atoms with E-state index in [0.29, 0.717) is 61.4 Å². The monoisotopic (exact) mass is 634 g/mol. The number of imidazole rings is 1. The molecule has 3 aromatic heterocycles. The van der Waals surface area contributed by atoms with Crippen LogP contribution in [0.2, 0.25) is 0 Å². The Morgan fingerprint density at radius 1 is 1.13 bits per heavy atom. The molecule has 2 aliphatic heterocycles. The van der Waals surface area contributed by atoms with Crippen LogP contribution in [-0.2, 0) is 17.8 Å². The number of β-amino-alcohol motifs (C(OH)–C–C–N with tert-alkyl or cyclic N) is 1. The van der Waals surface area contributed by atoms with Crippen molar-refractivity contribution in [3.8, 4) is 11.4 Å². The fraction of sp³-hybridized carbons (Fsp3) is 0.500. The van der Waals surface area contributed by atoms with Crippen LogP contribution >= 0.6 is 22.6 Å². The quantitative estimate of drug-likeness (QED) is 0.182. The summed E-state index contributed by atoms with van der Waals surface area (Å²) in [5.74, 6) is 1.69. The van der Waals surface area contributed by atoms with Crippen LogP contribution in [-0.4, -0.2) is 103 Å². The number of anilines is 1. The van der Waals surface area contributed by atoms with E-state index in [1.54, 1.807) is 6.07 Å². The second-order valence-corrected chi connectivity index (χ2v) is 11.1. The van der Waals surface area contributed by atoms with Crippen molar-refractivity contribution in [2.45, 2.75) is 24.1 Å². The third-order valence-corrected chi connectivity index (χ3v) is 8.63. The van der Waals surface area contributed by atoms with Gasteiger partial charge in [0.15, 0.2) is 22.8 Å². The van der Waals surface area contributed by atoms with E-state index in [2.05, 4.69) is 53.8 Å². The minimum atomic E-state index is -0.346. The number of aryl methyl sites for hydroxylation is 1. The number of rotatable bonds is 7. The summed E-state index contributed by atoms with van der Waals surface area (Å²) in [5, 5.41) is 10.1. The lowest BCUT2D eigenvalue weighted by atomic mass is 10.1. The van der Waals surface area contributed by atoms with Gasteiger partial charge in [-0.2, -0.15) is 0 Å². The molecule has 10 nitrogen and oxygen atoms in total. The van der Waals surface area contributed by atoms with Crippen LogP contribution in [0.15, 0.2) is 24.4 Å². The molecule has 12 heteroatoms. The molecule has 0 aliphatic carbocycles. The van der Waals surface area contributed by atoms with Gasteiger partial charge in [0.1, 0.15) is 11.6 Å². The van der Waals surface area contributed by atoms with Gasteiger partial charge in [0.05, 0.1) is 36.0 Å². The maximum atomic E-state index is 15.3. The first-order chi connectivity index (χ1) is 18.6. The number of piperazine rings is 1. The third kappa shape index (κ3) is 4.76. The summed E-state index contributed by atoms with van der Waals surface area (Å²) in [6.45, 7) is 9.66. The van der Waals surface area contributed by atoms with Gasteiger partial charge >= 0.3 is 0 Å². The van der Waals surface area contributed by atoms with Gasteiger partial charge < -0.3 is 24.3 Å². The second kappa shape index (κ2) is 11.0. The lowest BCUT2D eigenvalue weighted by Crippen LogP contribution is -2.50. The van der Waals surface area contributed by atoms with Crippen LogP contribution in [0.1, 0.15) is 12.7 Å². The Morgan fingerprint density at radius 2 is 1.97 bits per heavy atom. The highest BCUT2D eigenvalue weighted by Gasteiger charge is 2.28. The van der Waals surface area contributed by atoms with Crippen LogP contribution in [0.5, 0.6) is 0 Å². The number of halogens is 2. The Bertz CT molecular complexity index is 1440. The normalized spacial score (nSPS) is 19.7. The van der Waals surface area contributed by atoms with E-state index in [1.165, 1.54) is 6.07 Å². The van der Waals surface area contributed by atoms with Crippen LogP contribution in [0.3, 0.4) is 0 Å². The number of aliphatic hydroxyl groups is 1. The van der Waals surface area contributed by atoms with Crippen molar-refractivity contribution in [2.24, 2.45) is 0 Å².